The molecule has 270 valence electrons. The van der Waals surface area contributed by atoms with Crippen LogP contribution in [0.25, 0.3) is 22.3 Å². The van der Waals surface area contributed by atoms with Crippen LogP contribution in [0.5, 0.6) is 23.0 Å². The highest BCUT2D eigenvalue weighted by atomic mass is 31.1. The van der Waals surface area contributed by atoms with Crippen molar-refractivity contribution in [1.29, 1.82) is 0 Å². The lowest BCUT2D eigenvalue weighted by atomic mass is 9.92. The van der Waals surface area contributed by atoms with E-state index in [2.05, 4.69) is 104 Å². The number of rotatable bonds is 19. The molecule has 8 heteroatoms. The summed E-state index contributed by atoms with van der Waals surface area (Å²) in [5, 5.41) is 20.8. The van der Waals surface area contributed by atoms with Crippen molar-refractivity contribution in [3.05, 3.63) is 93.0 Å². The lowest BCUT2D eigenvalue weighted by Crippen LogP contribution is -2.02. The highest BCUT2D eigenvalue weighted by molar-refractivity contribution is 7.27. The topological polar surface area (TPSA) is 77.4 Å². The van der Waals surface area contributed by atoms with Crippen molar-refractivity contribution in [2.75, 3.05) is 13.2 Å². The van der Waals surface area contributed by atoms with Gasteiger partial charge in [-0.3, -0.25) is 0 Å². The molecule has 50 heavy (non-hydrogen) atoms. The molecule has 0 amide bonds. The molecule has 0 aliphatic heterocycles. The molecule has 0 aliphatic rings. The fourth-order valence-electron chi connectivity index (χ4n) is 6.33. The van der Waals surface area contributed by atoms with Gasteiger partial charge >= 0.3 is 0 Å². The molecule has 4 aromatic rings. The Kier molecular flexibility index (Phi) is 15.4. The van der Waals surface area contributed by atoms with Gasteiger partial charge in [0.05, 0.1) is 13.2 Å². The predicted molar refractivity (Wildman–Crippen MR) is 212 cm³/mol. The van der Waals surface area contributed by atoms with Crippen LogP contribution in [0.1, 0.15) is 99.9 Å². The molecule has 6 nitrogen and oxygen atoms in total. The van der Waals surface area contributed by atoms with Crippen molar-refractivity contribution in [2.24, 2.45) is 0 Å². The van der Waals surface area contributed by atoms with Gasteiger partial charge in [0.25, 0.3) is 9.03 Å². The molecule has 0 bridgehead atoms. The fraction of sp³-hybridized carbons (Fsp3) is 0.429. The first-order chi connectivity index (χ1) is 24.3. The number of phenolic OH excluding ortho intramolecular Hbond substituents is 1. The molecule has 0 aliphatic carbocycles. The summed E-state index contributed by atoms with van der Waals surface area (Å²) in [6.07, 6.45) is 6.67. The van der Waals surface area contributed by atoms with Crippen LogP contribution < -0.4 is 13.6 Å². The molecule has 0 heterocycles. The van der Waals surface area contributed by atoms with E-state index in [1.807, 2.05) is 0 Å². The van der Waals surface area contributed by atoms with Crippen molar-refractivity contribution in [2.45, 2.75) is 107 Å². The number of aryl methyl sites for hydroxylation is 8. The van der Waals surface area contributed by atoms with Gasteiger partial charge in [-0.25, -0.2) is 0 Å². The van der Waals surface area contributed by atoms with Gasteiger partial charge in [0.2, 0.25) is 9.03 Å². The molecule has 0 saturated carbocycles. The molecule has 2 N–H and O–H groups in total. The van der Waals surface area contributed by atoms with E-state index in [0.29, 0.717) is 5.75 Å². The molecular formula is C42H56O6P2. The number of benzene rings is 4. The number of hydrogen-bond acceptors (Lipinski definition) is 6. The van der Waals surface area contributed by atoms with Crippen molar-refractivity contribution in [3.8, 4) is 45.3 Å². The molecule has 2 atom stereocenters. The zero-order valence-electron chi connectivity index (χ0n) is 31.2. The Morgan fingerprint density at radius 3 is 1.14 bits per heavy atom. The summed E-state index contributed by atoms with van der Waals surface area (Å²) in [6, 6.07) is 17.5. The van der Waals surface area contributed by atoms with Crippen LogP contribution in [-0.2, 0) is 55.9 Å². The van der Waals surface area contributed by atoms with E-state index in [-0.39, 0.29) is 31.3 Å². The third kappa shape index (κ3) is 9.20. The quantitative estimate of drug-likeness (QED) is 0.0742. The Bertz CT molecular complexity index is 1730. The molecule has 2 unspecified atom stereocenters. The molecule has 4 rings (SSSR count). The van der Waals surface area contributed by atoms with Crippen LogP contribution in [0, 0.1) is 0 Å². The van der Waals surface area contributed by atoms with E-state index in [9.17, 15) is 10.2 Å². The van der Waals surface area contributed by atoms with E-state index in [0.717, 1.165) is 113 Å². The monoisotopic (exact) mass is 718 g/mol. The lowest BCUT2D eigenvalue weighted by molar-refractivity contribution is 0.208. The normalized spacial score (nSPS) is 11.7. The molecule has 0 spiro atoms. The SMILES string of the molecule is CCc1cc(CC)c(O)c(-c2cc(CC)cc(CC)c2OPOc2c(CC)cc(CC)cc2-c2cc(CC)cc(CC)c2OPOCCO)c1. The minimum atomic E-state index is -0.325. The summed E-state index contributed by atoms with van der Waals surface area (Å²) in [5.74, 6) is 2.65. The van der Waals surface area contributed by atoms with Crippen LogP contribution in [0.15, 0.2) is 48.5 Å². The summed E-state index contributed by atoms with van der Waals surface area (Å²) < 4.78 is 25.4. The van der Waals surface area contributed by atoms with Crippen molar-refractivity contribution >= 4 is 18.1 Å². The first kappa shape index (κ1) is 39.6. The third-order valence-corrected chi connectivity index (χ3v) is 10.5. The molecular weight excluding hydrogens is 662 g/mol. The van der Waals surface area contributed by atoms with Crippen LogP contribution >= 0.6 is 18.1 Å². The van der Waals surface area contributed by atoms with E-state index < -0.39 is 0 Å². The number of hydrogen-bond donors (Lipinski definition) is 2. The highest BCUT2D eigenvalue weighted by Crippen LogP contribution is 2.48. The Labute approximate surface area is 303 Å². The van der Waals surface area contributed by atoms with Crippen LogP contribution in [-0.4, -0.2) is 23.4 Å². The van der Waals surface area contributed by atoms with Gasteiger partial charge in [-0.05, 0) is 120 Å². The minimum Gasteiger partial charge on any atom is -0.507 e. The van der Waals surface area contributed by atoms with Crippen LogP contribution in [0.4, 0.5) is 0 Å². The molecule has 0 fully saturated rings. The smallest absolute Gasteiger partial charge is 0.275 e. The van der Waals surface area contributed by atoms with Gasteiger partial charge in [0.15, 0.2) is 0 Å². The van der Waals surface area contributed by atoms with Gasteiger partial charge in [-0.2, -0.15) is 0 Å². The molecule has 4 aromatic carbocycles. The lowest BCUT2D eigenvalue weighted by Gasteiger charge is -2.22. The number of aliphatic hydroxyl groups excluding tert-OH is 1. The largest absolute Gasteiger partial charge is 0.507 e. The molecule has 0 saturated heterocycles. The maximum Gasteiger partial charge on any atom is 0.275 e. The minimum absolute atomic E-state index is 0.0536. The summed E-state index contributed by atoms with van der Waals surface area (Å²) in [7, 11) is -0.563. The number of aliphatic hydroxyl groups is 1. The van der Waals surface area contributed by atoms with E-state index >= 15 is 0 Å². The van der Waals surface area contributed by atoms with E-state index in [1.54, 1.807) is 0 Å². The van der Waals surface area contributed by atoms with Crippen LogP contribution in [0.3, 0.4) is 0 Å². The van der Waals surface area contributed by atoms with Crippen molar-refractivity contribution < 1.29 is 28.3 Å². The van der Waals surface area contributed by atoms with Gasteiger partial charge in [-0.1, -0.05) is 79.7 Å². The second-order valence-corrected chi connectivity index (χ2v) is 13.7. The zero-order chi connectivity index (χ0) is 36.2. The van der Waals surface area contributed by atoms with E-state index in [4.69, 9.17) is 18.1 Å². The maximum atomic E-state index is 11.5. The first-order valence-electron chi connectivity index (χ1n) is 18.4. The van der Waals surface area contributed by atoms with Gasteiger partial charge in [-0.15, -0.1) is 0 Å². The molecule has 0 radical (unpaired) electrons. The van der Waals surface area contributed by atoms with Crippen LogP contribution in [0.2, 0.25) is 0 Å². The average molecular weight is 719 g/mol. The Morgan fingerprint density at radius 1 is 0.440 bits per heavy atom. The maximum absolute atomic E-state index is 11.5. The summed E-state index contributed by atoms with van der Waals surface area (Å²) in [4.78, 5) is 0. The second kappa shape index (κ2) is 19.5. The highest BCUT2D eigenvalue weighted by Gasteiger charge is 2.23. The molecule has 0 aromatic heterocycles. The predicted octanol–water partition coefficient (Wildman–Crippen LogP) is 11.1. The Balaban J connectivity index is 1.84. The number of phenols is 1. The van der Waals surface area contributed by atoms with E-state index in [1.165, 1.54) is 22.3 Å². The average Bonchev–Trinajstić information content (AvgIpc) is 3.16. The van der Waals surface area contributed by atoms with Gasteiger partial charge < -0.3 is 28.3 Å². The Hall–Kier alpha value is -3.14. The standard InChI is InChI=1S/C42H56O6P2/c1-9-27-19-31(13-5)39(44)35(23-27)36-24-28(10-2)20-32(14-6)40(36)47-50-48-42-34(16-8)22-30(12-4)26-38(42)37-25-29(11-3)21-33(15-7)41(37)46-49-45-18-17-43/h19-26,43-44,49-50H,9-18H2,1-8H3. The summed E-state index contributed by atoms with van der Waals surface area (Å²) in [6.45, 7) is 17.3. The summed E-state index contributed by atoms with van der Waals surface area (Å²) >= 11 is 0. The first-order valence-corrected chi connectivity index (χ1v) is 20.0. The number of aromatic hydroxyl groups is 1. The third-order valence-electron chi connectivity index (χ3n) is 9.35. The Morgan fingerprint density at radius 2 is 0.780 bits per heavy atom. The van der Waals surface area contributed by atoms with Crippen molar-refractivity contribution in [1.82, 2.24) is 0 Å². The zero-order valence-corrected chi connectivity index (χ0v) is 33.2. The fourth-order valence-corrected chi connectivity index (χ4v) is 7.58. The van der Waals surface area contributed by atoms with Gasteiger partial charge in [0, 0.05) is 22.3 Å². The van der Waals surface area contributed by atoms with Gasteiger partial charge in [0.1, 0.15) is 23.0 Å². The summed E-state index contributed by atoms with van der Waals surface area (Å²) in [5.41, 5.74) is 12.8. The second-order valence-electron chi connectivity index (χ2n) is 12.4. The van der Waals surface area contributed by atoms with Crippen molar-refractivity contribution in [3.63, 3.8) is 0 Å².